The monoisotopic (exact) mass is 164 g/mol. The van der Waals surface area contributed by atoms with E-state index < -0.39 is 0 Å². The molecule has 2 saturated carbocycles. The molecule has 1 heterocycles. The van der Waals surface area contributed by atoms with Crippen LogP contribution in [0.2, 0.25) is 0 Å². The molecule has 0 aromatic heterocycles. The van der Waals surface area contributed by atoms with Gasteiger partial charge in [0, 0.05) is 6.42 Å². The van der Waals surface area contributed by atoms with Crippen LogP contribution in [0.3, 0.4) is 0 Å². The van der Waals surface area contributed by atoms with Crippen LogP contribution in [0.25, 0.3) is 0 Å². The van der Waals surface area contributed by atoms with Crippen molar-refractivity contribution in [2.75, 3.05) is 0 Å². The molecule has 66 valence electrons. The average molecular weight is 164 g/mol. The molecule has 0 aromatic rings. The summed E-state index contributed by atoms with van der Waals surface area (Å²) >= 11 is 0. The van der Waals surface area contributed by atoms with E-state index in [0.717, 1.165) is 6.42 Å². The van der Waals surface area contributed by atoms with Gasteiger partial charge in [-0.05, 0) is 43.6 Å². The Bertz CT molecular complexity index is 252. The predicted molar refractivity (Wildman–Crippen MR) is 47.9 cm³/mol. The van der Waals surface area contributed by atoms with Crippen LogP contribution in [-0.2, 0) is 4.74 Å². The van der Waals surface area contributed by atoms with Crippen molar-refractivity contribution in [2.24, 2.45) is 5.41 Å². The van der Waals surface area contributed by atoms with Gasteiger partial charge in [0.1, 0.15) is 0 Å². The van der Waals surface area contributed by atoms with Crippen molar-refractivity contribution in [1.82, 2.24) is 0 Å². The molecule has 3 rings (SSSR count). The van der Waals surface area contributed by atoms with Gasteiger partial charge in [-0.25, -0.2) is 0 Å². The van der Waals surface area contributed by atoms with Crippen LogP contribution >= 0.6 is 0 Å². The van der Waals surface area contributed by atoms with Gasteiger partial charge < -0.3 is 4.74 Å². The Balaban J connectivity index is 1.85. The fraction of sp³-hybridized carbons (Fsp3) is 0.818. The quantitative estimate of drug-likeness (QED) is 0.500. The lowest BCUT2D eigenvalue weighted by molar-refractivity contribution is -0.0777. The van der Waals surface area contributed by atoms with Crippen LogP contribution < -0.4 is 0 Å². The Hall–Kier alpha value is -0.300. The Morgan fingerprint density at radius 2 is 2.17 bits per heavy atom. The van der Waals surface area contributed by atoms with Crippen LogP contribution in [0.4, 0.5) is 0 Å². The van der Waals surface area contributed by atoms with Crippen molar-refractivity contribution in [2.45, 2.75) is 50.7 Å². The van der Waals surface area contributed by atoms with E-state index in [0.29, 0.717) is 11.5 Å². The van der Waals surface area contributed by atoms with E-state index in [1.165, 1.54) is 31.3 Å². The second-order valence-electron chi connectivity index (χ2n) is 5.08. The maximum atomic E-state index is 5.97. The van der Waals surface area contributed by atoms with E-state index in [1.54, 1.807) is 0 Å². The number of rotatable bonds is 0. The second-order valence-corrected chi connectivity index (χ2v) is 5.08. The molecule has 2 spiro atoms. The molecule has 12 heavy (non-hydrogen) atoms. The third-order valence-corrected chi connectivity index (χ3v) is 3.78. The summed E-state index contributed by atoms with van der Waals surface area (Å²) in [7, 11) is 0. The van der Waals surface area contributed by atoms with Crippen molar-refractivity contribution in [3.05, 3.63) is 12.2 Å². The number of ether oxygens (including phenoxy) is 1. The van der Waals surface area contributed by atoms with Gasteiger partial charge in [-0.3, -0.25) is 0 Å². The topological polar surface area (TPSA) is 9.23 Å². The summed E-state index contributed by atoms with van der Waals surface area (Å²) in [5, 5.41) is 0. The Morgan fingerprint density at radius 3 is 2.67 bits per heavy atom. The SMILES string of the molecule is C=C1CC12CC1(CC1)CC(C)O2. The van der Waals surface area contributed by atoms with Gasteiger partial charge in [0.25, 0.3) is 0 Å². The minimum atomic E-state index is 0.161. The molecule has 0 bridgehead atoms. The number of hydrogen-bond acceptors (Lipinski definition) is 1. The van der Waals surface area contributed by atoms with Crippen LogP contribution in [0, 0.1) is 5.41 Å². The van der Waals surface area contributed by atoms with E-state index in [4.69, 9.17) is 4.74 Å². The smallest absolute Gasteiger partial charge is 0.0936 e. The van der Waals surface area contributed by atoms with Gasteiger partial charge in [0.05, 0.1) is 11.7 Å². The van der Waals surface area contributed by atoms with Crippen molar-refractivity contribution in [1.29, 1.82) is 0 Å². The first-order chi connectivity index (χ1) is 5.64. The van der Waals surface area contributed by atoms with E-state index in [9.17, 15) is 0 Å². The third kappa shape index (κ3) is 0.832. The summed E-state index contributed by atoms with van der Waals surface area (Å²) in [4.78, 5) is 0. The van der Waals surface area contributed by atoms with Crippen molar-refractivity contribution in [3.63, 3.8) is 0 Å². The van der Waals surface area contributed by atoms with Crippen LogP contribution in [-0.4, -0.2) is 11.7 Å². The molecule has 1 nitrogen and oxygen atoms in total. The molecule has 3 fully saturated rings. The van der Waals surface area contributed by atoms with E-state index in [2.05, 4.69) is 13.5 Å². The van der Waals surface area contributed by atoms with E-state index in [1.807, 2.05) is 0 Å². The molecule has 0 radical (unpaired) electrons. The fourth-order valence-corrected chi connectivity index (χ4v) is 2.93. The van der Waals surface area contributed by atoms with Crippen LogP contribution in [0.1, 0.15) is 39.0 Å². The normalized spacial score (nSPS) is 48.4. The minimum absolute atomic E-state index is 0.161. The summed E-state index contributed by atoms with van der Waals surface area (Å²) in [5.41, 5.74) is 2.20. The Labute approximate surface area is 73.8 Å². The van der Waals surface area contributed by atoms with Crippen molar-refractivity contribution >= 4 is 0 Å². The lowest BCUT2D eigenvalue weighted by atomic mass is 9.87. The first-order valence-corrected chi connectivity index (χ1v) is 5.00. The average Bonchev–Trinajstić information content (AvgIpc) is 2.78. The molecule has 1 saturated heterocycles. The second kappa shape index (κ2) is 1.79. The Morgan fingerprint density at radius 1 is 1.50 bits per heavy atom. The van der Waals surface area contributed by atoms with Crippen molar-refractivity contribution in [3.8, 4) is 0 Å². The summed E-state index contributed by atoms with van der Waals surface area (Å²) < 4.78 is 5.97. The molecular weight excluding hydrogens is 148 g/mol. The largest absolute Gasteiger partial charge is 0.367 e. The highest BCUT2D eigenvalue weighted by atomic mass is 16.5. The van der Waals surface area contributed by atoms with Gasteiger partial charge >= 0.3 is 0 Å². The van der Waals surface area contributed by atoms with E-state index in [-0.39, 0.29) is 5.60 Å². The first-order valence-electron chi connectivity index (χ1n) is 5.00. The van der Waals surface area contributed by atoms with Gasteiger partial charge in [-0.2, -0.15) is 0 Å². The van der Waals surface area contributed by atoms with E-state index >= 15 is 0 Å². The summed E-state index contributed by atoms with van der Waals surface area (Å²) in [5.74, 6) is 0. The summed E-state index contributed by atoms with van der Waals surface area (Å²) in [6, 6.07) is 0. The first kappa shape index (κ1) is 7.14. The van der Waals surface area contributed by atoms with Gasteiger partial charge in [-0.15, -0.1) is 0 Å². The molecule has 2 atom stereocenters. The molecule has 0 N–H and O–H groups in total. The number of hydrogen-bond donors (Lipinski definition) is 0. The Kier molecular flexibility index (Phi) is 1.07. The van der Waals surface area contributed by atoms with Gasteiger partial charge in [0.2, 0.25) is 0 Å². The molecule has 0 amide bonds. The highest BCUT2D eigenvalue weighted by molar-refractivity contribution is 5.36. The zero-order valence-electron chi connectivity index (χ0n) is 7.73. The van der Waals surface area contributed by atoms with Gasteiger partial charge in [0.15, 0.2) is 0 Å². The van der Waals surface area contributed by atoms with Crippen LogP contribution in [0.5, 0.6) is 0 Å². The standard InChI is InChI=1S/C11H16O/c1-8-5-11(8)7-10(3-4-10)6-9(2)12-11/h9H,1,3-7H2,2H3. The lowest BCUT2D eigenvalue weighted by Crippen LogP contribution is -2.33. The van der Waals surface area contributed by atoms with Crippen LogP contribution in [0.15, 0.2) is 12.2 Å². The molecule has 2 unspecified atom stereocenters. The lowest BCUT2D eigenvalue weighted by Gasteiger charge is -2.34. The zero-order chi connectivity index (χ0) is 8.40. The molecule has 0 aromatic carbocycles. The fourth-order valence-electron chi connectivity index (χ4n) is 2.93. The highest BCUT2D eigenvalue weighted by Crippen LogP contribution is 2.65. The van der Waals surface area contributed by atoms with Gasteiger partial charge in [-0.1, -0.05) is 6.58 Å². The summed E-state index contributed by atoms with van der Waals surface area (Å²) in [6.07, 6.45) is 7.07. The molecule has 1 heteroatoms. The van der Waals surface area contributed by atoms with Crippen molar-refractivity contribution < 1.29 is 4.74 Å². The maximum Gasteiger partial charge on any atom is 0.0936 e. The molecule has 1 aliphatic heterocycles. The zero-order valence-corrected chi connectivity index (χ0v) is 7.73. The third-order valence-electron chi connectivity index (χ3n) is 3.78. The molecule has 3 aliphatic rings. The summed E-state index contributed by atoms with van der Waals surface area (Å²) in [6.45, 7) is 6.26. The molecule has 2 aliphatic carbocycles. The maximum absolute atomic E-state index is 5.97. The molecular formula is C11H16O. The minimum Gasteiger partial charge on any atom is -0.367 e. The predicted octanol–water partition coefficient (Wildman–Crippen LogP) is 2.66. The highest BCUT2D eigenvalue weighted by Gasteiger charge is 2.61.